The predicted octanol–water partition coefficient (Wildman–Crippen LogP) is 2.33. The minimum Gasteiger partial charge on any atom is -0.396 e. The smallest absolute Gasteiger partial charge is 0.313 e. The SMILES string of the molecule is CCCC(CCO)CNC(=O)C(=O)Nc1ccc(F)c(Cl)c1. The number of anilines is 1. The number of nitrogens with one attached hydrogen (secondary N) is 2. The average molecular weight is 331 g/mol. The molecular formula is C15H20ClFN2O3. The molecule has 0 aromatic heterocycles. The van der Waals surface area contributed by atoms with Crippen molar-refractivity contribution in [3.05, 3.63) is 29.0 Å². The van der Waals surface area contributed by atoms with Crippen molar-refractivity contribution in [3.63, 3.8) is 0 Å². The van der Waals surface area contributed by atoms with Gasteiger partial charge < -0.3 is 15.7 Å². The van der Waals surface area contributed by atoms with Crippen LogP contribution in [0.1, 0.15) is 26.2 Å². The Kier molecular flexibility index (Phi) is 7.84. The molecule has 2 amide bonds. The van der Waals surface area contributed by atoms with Gasteiger partial charge in [0.1, 0.15) is 5.82 Å². The van der Waals surface area contributed by atoms with Gasteiger partial charge in [-0.05, 0) is 37.0 Å². The predicted molar refractivity (Wildman–Crippen MR) is 83.2 cm³/mol. The zero-order valence-corrected chi connectivity index (χ0v) is 13.1. The number of carbonyl (C=O) groups is 2. The normalized spacial score (nSPS) is 11.8. The number of benzene rings is 1. The van der Waals surface area contributed by atoms with Crippen molar-refractivity contribution < 1.29 is 19.1 Å². The number of aliphatic hydroxyl groups excluding tert-OH is 1. The van der Waals surface area contributed by atoms with Gasteiger partial charge in [0.15, 0.2) is 0 Å². The fraction of sp³-hybridized carbons (Fsp3) is 0.467. The first-order valence-electron chi connectivity index (χ1n) is 7.13. The molecule has 3 N–H and O–H groups in total. The summed E-state index contributed by atoms with van der Waals surface area (Å²) in [6, 6.07) is 3.65. The van der Waals surface area contributed by atoms with Crippen molar-refractivity contribution in [2.45, 2.75) is 26.2 Å². The van der Waals surface area contributed by atoms with Crippen LogP contribution in [0.2, 0.25) is 5.02 Å². The van der Waals surface area contributed by atoms with Gasteiger partial charge >= 0.3 is 11.8 Å². The van der Waals surface area contributed by atoms with Gasteiger partial charge in [-0.15, -0.1) is 0 Å². The monoisotopic (exact) mass is 330 g/mol. The van der Waals surface area contributed by atoms with E-state index in [4.69, 9.17) is 16.7 Å². The maximum Gasteiger partial charge on any atom is 0.313 e. The van der Waals surface area contributed by atoms with E-state index in [1.807, 2.05) is 6.92 Å². The van der Waals surface area contributed by atoms with Crippen molar-refractivity contribution in [3.8, 4) is 0 Å². The summed E-state index contributed by atoms with van der Waals surface area (Å²) in [5.74, 6) is -2.09. The van der Waals surface area contributed by atoms with Crippen LogP contribution in [0.3, 0.4) is 0 Å². The summed E-state index contributed by atoms with van der Waals surface area (Å²) in [6.45, 7) is 2.38. The van der Waals surface area contributed by atoms with Gasteiger partial charge in [-0.1, -0.05) is 24.9 Å². The van der Waals surface area contributed by atoms with Gasteiger partial charge in [0.2, 0.25) is 0 Å². The molecule has 0 aliphatic rings. The Bertz CT molecular complexity index is 520. The van der Waals surface area contributed by atoms with Crippen LogP contribution in [-0.2, 0) is 9.59 Å². The molecule has 0 spiro atoms. The standard InChI is InChI=1S/C15H20ClFN2O3/c1-2-3-10(6-7-20)9-18-14(21)15(22)19-11-4-5-13(17)12(16)8-11/h4-5,8,10,20H,2-3,6-7,9H2,1H3,(H,18,21)(H,19,22). The minimum absolute atomic E-state index is 0.0425. The molecule has 0 fully saturated rings. The van der Waals surface area contributed by atoms with E-state index in [0.29, 0.717) is 13.0 Å². The molecular weight excluding hydrogens is 311 g/mol. The van der Waals surface area contributed by atoms with Crippen LogP contribution < -0.4 is 10.6 Å². The first-order valence-corrected chi connectivity index (χ1v) is 7.50. The molecule has 0 aliphatic heterocycles. The second-order valence-corrected chi connectivity index (χ2v) is 5.37. The third kappa shape index (κ3) is 5.99. The summed E-state index contributed by atoms with van der Waals surface area (Å²) in [7, 11) is 0. The number of rotatable bonds is 7. The lowest BCUT2D eigenvalue weighted by Crippen LogP contribution is -2.38. The lowest BCUT2D eigenvalue weighted by atomic mass is 10.0. The summed E-state index contributed by atoms with van der Waals surface area (Å²) in [4.78, 5) is 23.4. The quantitative estimate of drug-likeness (QED) is 0.671. The lowest BCUT2D eigenvalue weighted by molar-refractivity contribution is -0.136. The molecule has 7 heteroatoms. The molecule has 0 aliphatic carbocycles. The highest BCUT2D eigenvalue weighted by atomic mass is 35.5. The van der Waals surface area contributed by atoms with Crippen LogP contribution in [0.5, 0.6) is 0 Å². The van der Waals surface area contributed by atoms with Gasteiger partial charge in [-0.25, -0.2) is 4.39 Å². The average Bonchev–Trinajstić information content (AvgIpc) is 2.48. The topological polar surface area (TPSA) is 78.4 Å². The molecule has 1 unspecified atom stereocenters. The van der Waals surface area contributed by atoms with Crippen LogP contribution in [0.15, 0.2) is 18.2 Å². The van der Waals surface area contributed by atoms with Crippen LogP contribution in [0.25, 0.3) is 0 Å². The Morgan fingerprint density at radius 2 is 2.05 bits per heavy atom. The third-order valence-corrected chi connectivity index (χ3v) is 3.46. The molecule has 22 heavy (non-hydrogen) atoms. The molecule has 0 radical (unpaired) electrons. The molecule has 1 aromatic rings. The van der Waals surface area contributed by atoms with E-state index < -0.39 is 17.6 Å². The summed E-state index contributed by atoms with van der Waals surface area (Å²) >= 11 is 5.60. The Labute approximate surface area is 133 Å². The second-order valence-electron chi connectivity index (χ2n) is 4.96. The zero-order chi connectivity index (χ0) is 16.5. The van der Waals surface area contributed by atoms with Crippen LogP contribution in [-0.4, -0.2) is 30.1 Å². The maximum atomic E-state index is 13.0. The highest BCUT2D eigenvalue weighted by molar-refractivity contribution is 6.39. The number of amides is 2. The van der Waals surface area contributed by atoms with Gasteiger partial charge in [0, 0.05) is 18.8 Å². The van der Waals surface area contributed by atoms with Crippen molar-refractivity contribution in [1.82, 2.24) is 5.32 Å². The minimum atomic E-state index is -0.845. The maximum absolute atomic E-state index is 13.0. The first kappa shape index (κ1) is 18.4. The van der Waals surface area contributed by atoms with Gasteiger partial charge in [-0.2, -0.15) is 0 Å². The van der Waals surface area contributed by atoms with E-state index in [1.54, 1.807) is 0 Å². The lowest BCUT2D eigenvalue weighted by Gasteiger charge is -2.15. The van der Waals surface area contributed by atoms with Crippen LogP contribution >= 0.6 is 11.6 Å². The van der Waals surface area contributed by atoms with Gasteiger partial charge in [0.05, 0.1) is 5.02 Å². The fourth-order valence-electron chi connectivity index (χ4n) is 2.02. The summed E-state index contributed by atoms with van der Waals surface area (Å²) in [5.41, 5.74) is 0.243. The van der Waals surface area contributed by atoms with Crippen molar-refractivity contribution in [1.29, 1.82) is 0 Å². The highest BCUT2D eigenvalue weighted by Gasteiger charge is 2.16. The highest BCUT2D eigenvalue weighted by Crippen LogP contribution is 2.19. The Morgan fingerprint density at radius 1 is 1.32 bits per heavy atom. The number of hydrogen-bond donors (Lipinski definition) is 3. The van der Waals surface area contributed by atoms with Gasteiger partial charge in [-0.3, -0.25) is 9.59 Å². The molecule has 122 valence electrons. The molecule has 5 nitrogen and oxygen atoms in total. The zero-order valence-electron chi connectivity index (χ0n) is 12.4. The Morgan fingerprint density at radius 3 is 2.64 bits per heavy atom. The number of halogens is 2. The van der Waals surface area contributed by atoms with Gasteiger partial charge in [0.25, 0.3) is 0 Å². The first-order chi connectivity index (χ1) is 10.5. The molecule has 0 heterocycles. The second kappa shape index (κ2) is 9.38. The molecule has 0 saturated carbocycles. The number of aliphatic hydroxyl groups is 1. The molecule has 0 bridgehead atoms. The number of carbonyl (C=O) groups excluding carboxylic acids is 2. The Hall–Kier alpha value is -1.66. The van der Waals surface area contributed by atoms with E-state index in [1.165, 1.54) is 12.1 Å². The van der Waals surface area contributed by atoms with E-state index >= 15 is 0 Å². The molecule has 1 rings (SSSR count). The molecule has 0 saturated heterocycles. The number of hydrogen-bond acceptors (Lipinski definition) is 3. The fourth-order valence-corrected chi connectivity index (χ4v) is 2.20. The largest absolute Gasteiger partial charge is 0.396 e. The van der Waals surface area contributed by atoms with Crippen LogP contribution in [0, 0.1) is 11.7 Å². The van der Waals surface area contributed by atoms with Crippen molar-refractivity contribution >= 4 is 29.1 Å². The van der Waals surface area contributed by atoms with Crippen molar-refractivity contribution in [2.24, 2.45) is 5.92 Å². The summed E-state index contributed by atoms with van der Waals surface area (Å²) < 4.78 is 13.0. The third-order valence-electron chi connectivity index (χ3n) is 3.17. The van der Waals surface area contributed by atoms with Crippen LogP contribution in [0.4, 0.5) is 10.1 Å². The van der Waals surface area contributed by atoms with E-state index in [9.17, 15) is 14.0 Å². The molecule has 1 atom stereocenters. The molecule has 1 aromatic carbocycles. The Balaban J connectivity index is 2.50. The summed E-state index contributed by atoms with van der Waals surface area (Å²) in [5, 5.41) is 13.7. The van der Waals surface area contributed by atoms with E-state index in [2.05, 4.69) is 10.6 Å². The summed E-state index contributed by atoms with van der Waals surface area (Å²) in [6.07, 6.45) is 2.36. The van der Waals surface area contributed by atoms with E-state index in [-0.39, 0.29) is 23.2 Å². The van der Waals surface area contributed by atoms with E-state index in [0.717, 1.165) is 18.9 Å². The van der Waals surface area contributed by atoms with Crippen molar-refractivity contribution in [2.75, 3.05) is 18.5 Å².